The van der Waals surface area contributed by atoms with Crippen LogP contribution in [0.25, 0.3) is 0 Å². The van der Waals surface area contributed by atoms with Gasteiger partial charge in [-0.1, -0.05) is 13.8 Å². The van der Waals surface area contributed by atoms with Crippen LogP contribution in [-0.4, -0.2) is 34.4 Å². The normalized spacial score (nSPS) is 15.2. The molecule has 0 aromatic carbocycles. The quantitative estimate of drug-likeness (QED) is 0.505. The molecule has 0 aliphatic rings. The lowest BCUT2D eigenvalue weighted by Crippen LogP contribution is -2.48. The highest BCUT2D eigenvalue weighted by molar-refractivity contribution is 5.73. The Kier molecular flexibility index (Phi) is 3.28. The smallest absolute Gasteiger partial charge is 0.322 e. The predicted octanol–water partition coefficient (Wildman–Crippen LogP) is -0.0788. The minimum atomic E-state index is -1.06. The van der Waals surface area contributed by atoms with E-state index in [-0.39, 0.29) is 12.9 Å². The van der Waals surface area contributed by atoms with Crippen LogP contribution in [0, 0.1) is 5.92 Å². The van der Waals surface area contributed by atoms with E-state index in [1.165, 1.54) is 0 Å². The number of carboxylic acid groups (broad SMARTS) is 1. The van der Waals surface area contributed by atoms with Gasteiger partial charge in [-0.15, -0.1) is 5.59 Å². The topological polar surface area (TPSA) is 72.8 Å². The largest absolute Gasteiger partial charge is 0.480 e. The fourth-order valence-electron chi connectivity index (χ4n) is 0.841. The molecule has 0 unspecified atom stereocenters. The summed E-state index contributed by atoms with van der Waals surface area (Å²) in [7, 11) is -0.314. The van der Waals surface area contributed by atoms with Gasteiger partial charge in [0, 0.05) is 8.39 Å². The molecule has 1 atom stereocenters. The van der Waals surface area contributed by atoms with Crippen LogP contribution in [0.15, 0.2) is 0 Å². The number of nitrogens with zero attached hydrogens (tertiary/aromatic N) is 1. The Morgan fingerprint density at radius 2 is 2.27 bits per heavy atom. The van der Waals surface area contributed by atoms with E-state index in [0.717, 1.165) is 5.01 Å². The molecule has 0 aromatic rings. The van der Waals surface area contributed by atoms with Crippen molar-refractivity contribution < 1.29 is 16.5 Å². The van der Waals surface area contributed by atoms with E-state index in [0.29, 0.717) is 0 Å². The van der Waals surface area contributed by atoms with E-state index in [1.807, 2.05) is 0 Å². The molecule has 0 saturated heterocycles. The lowest BCUT2D eigenvalue weighted by Gasteiger charge is -2.24. The Morgan fingerprint density at radius 1 is 1.73 bits per heavy atom. The highest BCUT2D eigenvalue weighted by Crippen LogP contribution is 2.06. The van der Waals surface area contributed by atoms with E-state index in [2.05, 4.69) is 0 Å². The maximum absolute atomic E-state index is 10.6. The minimum absolute atomic E-state index is 0.174. The maximum atomic E-state index is 10.6. The molecule has 0 radical (unpaired) electrons. The average Bonchev–Trinajstić information content (AvgIpc) is 1.98. The van der Waals surface area contributed by atoms with Crippen LogP contribution in [0.4, 0.5) is 0 Å². The van der Waals surface area contributed by atoms with Gasteiger partial charge in [-0.05, 0) is 5.92 Å². The van der Waals surface area contributed by atoms with Crippen molar-refractivity contribution in [3.63, 3.8) is 0 Å². The molecule has 5 heteroatoms. The summed E-state index contributed by atoms with van der Waals surface area (Å²) in [5.74, 6) is -1.23. The number of carbonyl (C=O) groups is 1. The predicted molar refractivity (Wildman–Crippen MR) is 38.9 cm³/mol. The van der Waals surface area contributed by atoms with Crippen molar-refractivity contribution in [3.8, 4) is 0 Å². The Hall–Kier alpha value is -0.650. The van der Waals surface area contributed by atoms with Gasteiger partial charge in [0.1, 0.15) is 6.04 Å². The van der Waals surface area contributed by atoms with Crippen LogP contribution >= 0.6 is 0 Å². The third-order valence-corrected chi connectivity index (χ3v) is 1.35. The first-order chi connectivity index (χ1) is 5.54. The molecular formula is C6H14N2O3. The molecule has 3 N–H and O–H groups in total. The van der Waals surface area contributed by atoms with E-state index < -0.39 is 12.0 Å². The highest BCUT2D eigenvalue weighted by Gasteiger charge is 2.25. The first kappa shape index (κ1) is 8.45. The molecule has 0 amide bonds. The van der Waals surface area contributed by atoms with Gasteiger partial charge in [0.25, 0.3) is 0 Å². The van der Waals surface area contributed by atoms with Crippen LogP contribution in [0.5, 0.6) is 0 Å². The molecule has 0 bridgehead atoms. The lowest BCUT2D eigenvalue weighted by molar-refractivity contribution is -0.151. The summed E-state index contributed by atoms with van der Waals surface area (Å²) in [6.45, 7) is 3.41. The van der Waals surface area contributed by atoms with Gasteiger partial charge in [-0.2, -0.15) is 0 Å². The molecular weight excluding hydrogens is 148 g/mol. The van der Waals surface area contributed by atoms with Crippen molar-refractivity contribution in [2.45, 2.75) is 19.9 Å². The summed E-state index contributed by atoms with van der Waals surface area (Å²) in [4.78, 5) is 10.6. The zero-order chi connectivity index (χ0) is 9.72. The molecule has 0 aromatic heterocycles. The Bertz CT molecular complexity index is 150. The molecule has 0 rings (SSSR count). The Labute approximate surface area is 67.0 Å². The number of carboxylic acids is 1. The number of nitrogens with one attached hydrogen (secondary N) is 1. The summed E-state index contributed by atoms with van der Waals surface area (Å²) < 4.78 is 6.92. The van der Waals surface area contributed by atoms with Gasteiger partial charge in [-0.3, -0.25) is 4.79 Å². The fraction of sp³-hybridized carbons (Fsp3) is 0.833. The average molecular weight is 163 g/mol. The summed E-state index contributed by atoms with van der Waals surface area (Å²) in [5.41, 5.74) is 1.68. The van der Waals surface area contributed by atoms with Gasteiger partial charge in [0.2, 0.25) is 0 Å². The molecule has 0 spiro atoms. The van der Waals surface area contributed by atoms with Gasteiger partial charge in [0.05, 0.1) is 0 Å². The number of aliphatic carboxylic acids is 1. The first-order valence-electron chi connectivity index (χ1n) is 3.93. The number of hydrogen-bond acceptors (Lipinski definition) is 4. The van der Waals surface area contributed by atoms with Crippen molar-refractivity contribution in [3.05, 3.63) is 0 Å². The van der Waals surface area contributed by atoms with Crippen LogP contribution in [0.1, 0.15) is 15.2 Å². The Morgan fingerprint density at radius 3 is 2.36 bits per heavy atom. The van der Waals surface area contributed by atoms with Crippen molar-refractivity contribution in [2.75, 3.05) is 7.02 Å². The minimum Gasteiger partial charge on any atom is -0.480 e. The number of hydrazine groups is 1. The van der Waals surface area contributed by atoms with Gasteiger partial charge < -0.3 is 10.3 Å². The second kappa shape index (κ2) is 4.27. The molecule has 11 heavy (non-hydrogen) atoms. The van der Waals surface area contributed by atoms with Crippen LogP contribution in [-0.2, 0) is 4.79 Å². The molecule has 66 valence electrons. The molecule has 0 aliphatic carbocycles. The van der Waals surface area contributed by atoms with E-state index in [4.69, 9.17) is 11.7 Å². The monoisotopic (exact) mass is 163 g/mol. The van der Waals surface area contributed by atoms with Gasteiger partial charge in [0.15, 0.2) is 0 Å². The van der Waals surface area contributed by atoms with Crippen molar-refractivity contribution in [1.82, 2.24) is 10.6 Å². The number of rotatable bonds is 4. The third kappa shape index (κ3) is 2.83. The number of hydrogen-bond donors (Lipinski definition) is 3. The van der Waals surface area contributed by atoms with Crippen LogP contribution in [0.2, 0.25) is 0 Å². The van der Waals surface area contributed by atoms with Crippen LogP contribution in [0.3, 0.4) is 0 Å². The highest BCUT2D eigenvalue weighted by atomic mass is 16.5. The second-order valence-corrected chi connectivity index (χ2v) is 2.60. The standard InChI is InChI=1S/C6H14N2O3/c1-4(2)5(6(9)10)8(3)7-11/h4-5,7,11H,1-3H3,(H,9,10)/t5-/m0/s1/i3D. The molecule has 0 aliphatic heterocycles. The second-order valence-electron chi connectivity index (χ2n) is 2.60. The van der Waals surface area contributed by atoms with Crippen LogP contribution < -0.4 is 5.59 Å². The first-order valence-corrected chi connectivity index (χ1v) is 3.23. The summed E-state index contributed by atoms with van der Waals surface area (Å²) in [6.07, 6.45) is 0. The van der Waals surface area contributed by atoms with Crippen molar-refractivity contribution >= 4 is 5.97 Å². The Balaban J connectivity index is 4.36. The molecule has 0 heterocycles. The van der Waals surface area contributed by atoms with E-state index >= 15 is 0 Å². The maximum Gasteiger partial charge on any atom is 0.322 e. The molecule has 0 saturated carbocycles. The summed E-state index contributed by atoms with van der Waals surface area (Å²) >= 11 is 0. The molecule has 0 fully saturated rings. The molecule has 5 nitrogen and oxygen atoms in total. The SMILES string of the molecule is [2H]CN(NO)[C@H](C(=O)O)C(C)C. The van der Waals surface area contributed by atoms with E-state index in [1.54, 1.807) is 19.4 Å². The summed E-state index contributed by atoms with van der Waals surface area (Å²) in [6, 6.07) is -0.882. The fourth-order valence-corrected chi connectivity index (χ4v) is 0.841. The van der Waals surface area contributed by atoms with Gasteiger partial charge in [-0.25, -0.2) is 5.01 Å². The zero-order valence-corrected chi connectivity index (χ0v) is 6.61. The zero-order valence-electron chi connectivity index (χ0n) is 7.61. The van der Waals surface area contributed by atoms with Crippen molar-refractivity contribution in [2.24, 2.45) is 5.92 Å². The van der Waals surface area contributed by atoms with Crippen molar-refractivity contribution in [1.29, 1.82) is 0 Å². The number of likely N-dealkylation sites (N-methyl/N-ethyl adjacent to an activating group) is 1. The van der Waals surface area contributed by atoms with E-state index in [9.17, 15) is 4.79 Å². The summed E-state index contributed by atoms with van der Waals surface area (Å²) in [5, 5.41) is 18.1. The van der Waals surface area contributed by atoms with Gasteiger partial charge >= 0.3 is 5.97 Å². The third-order valence-electron chi connectivity index (χ3n) is 1.35. The lowest BCUT2D eigenvalue weighted by atomic mass is 10.1.